The number of esters is 1. The second-order valence-corrected chi connectivity index (χ2v) is 15.2. The first kappa shape index (κ1) is 38.0. The third kappa shape index (κ3) is 11.1. The number of phenols is 1. The fourth-order valence-electron chi connectivity index (χ4n) is 5.72. The summed E-state index contributed by atoms with van der Waals surface area (Å²) in [6.07, 6.45) is 0.133. The second kappa shape index (κ2) is 15.8. The Morgan fingerprint density at radius 2 is 1.32 bits per heavy atom. The Labute approximate surface area is 295 Å². The number of benzene rings is 3. The molecule has 1 aliphatic rings. The molecule has 3 N–H and O–H groups in total. The van der Waals surface area contributed by atoms with E-state index in [2.05, 4.69) is 10.6 Å². The van der Waals surface area contributed by atoms with Crippen LogP contribution in [-0.2, 0) is 36.7 Å². The Balaban J connectivity index is 1.76. The van der Waals surface area contributed by atoms with Crippen molar-refractivity contribution in [1.82, 2.24) is 15.5 Å². The predicted octanol–water partition coefficient (Wildman–Crippen LogP) is 6.18. The average Bonchev–Trinajstić information content (AvgIpc) is 3.74. The van der Waals surface area contributed by atoms with E-state index in [9.17, 15) is 24.3 Å². The minimum atomic E-state index is -1.14. The van der Waals surface area contributed by atoms with E-state index in [1.165, 1.54) is 12.1 Å². The molecule has 3 amide bonds. The first-order valence-electron chi connectivity index (χ1n) is 17.1. The van der Waals surface area contributed by atoms with Crippen molar-refractivity contribution in [2.24, 2.45) is 5.92 Å². The topological polar surface area (TPSA) is 134 Å². The second-order valence-electron chi connectivity index (χ2n) is 15.2. The molecule has 268 valence electrons. The summed E-state index contributed by atoms with van der Waals surface area (Å²) in [5.41, 5.74) is 1.43. The quantitative estimate of drug-likeness (QED) is 0.194. The van der Waals surface area contributed by atoms with Crippen molar-refractivity contribution in [2.75, 3.05) is 0 Å². The Morgan fingerprint density at radius 1 is 0.780 bits per heavy atom. The zero-order valence-electron chi connectivity index (χ0n) is 30.4. The van der Waals surface area contributed by atoms with Gasteiger partial charge in [-0.1, -0.05) is 79.2 Å². The van der Waals surface area contributed by atoms with Crippen LogP contribution < -0.4 is 10.6 Å². The van der Waals surface area contributed by atoms with Crippen LogP contribution in [-0.4, -0.2) is 63.2 Å². The first-order chi connectivity index (χ1) is 23.4. The smallest absolute Gasteiger partial charge is 0.408 e. The molecule has 1 fully saturated rings. The van der Waals surface area contributed by atoms with Crippen LogP contribution in [0.2, 0.25) is 0 Å². The van der Waals surface area contributed by atoms with Gasteiger partial charge in [0.2, 0.25) is 11.8 Å². The number of carbonyl (C=O) groups is 4. The van der Waals surface area contributed by atoms with Gasteiger partial charge >= 0.3 is 12.1 Å². The van der Waals surface area contributed by atoms with Gasteiger partial charge in [0, 0.05) is 18.9 Å². The lowest BCUT2D eigenvalue weighted by Crippen LogP contribution is -2.56. The van der Waals surface area contributed by atoms with E-state index in [0.29, 0.717) is 17.5 Å². The number of aromatic hydroxyl groups is 1. The summed E-state index contributed by atoms with van der Waals surface area (Å²) in [5, 5.41) is 15.6. The average molecular weight is 686 g/mol. The van der Waals surface area contributed by atoms with Gasteiger partial charge in [-0.2, -0.15) is 0 Å². The highest BCUT2D eigenvalue weighted by molar-refractivity contribution is 5.94. The van der Waals surface area contributed by atoms with Gasteiger partial charge in [-0.25, -0.2) is 9.59 Å². The number of rotatable bonds is 12. The molecule has 0 heterocycles. The van der Waals surface area contributed by atoms with Gasteiger partial charge < -0.3 is 30.1 Å². The summed E-state index contributed by atoms with van der Waals surface area (Å²) in [4.78, 5) is 57.8. The van der Waals surface area contributed by atoms with E-state index in [1.807, 2.05) is 68.4 Å². The number of ether oxygens (including phenoxy) is 2. The van der Waals surface area contributed by atoms with Crippen LogP contribution in [0.25, 0.3) is 0 Å². The highest BCUT2D eigenvalue weighted by atomic mass is 16.6. The number of phenolic OH excluding ortho intramolecular Hbond substituents is 1. The van der Waals surface area contributed by atoms with Crippen molar-refractivity contribution < 1.29 is 33.8 Å². The zero-order valence-corrected chi connectivity index (χ0v) is 30.4. The Hall–Kier alpha value is -4.86. The summed E-state index contributed by atoms with van der Waals surface area (Å²) in [5.74, 6) is -1.46. The van der Waals surface area contributed by atoms with Crippen LogP contribution in [0.5, 0.6) is 5.75 Å². The lowest BCUT2D eigenvalue weighted by atomic mass is 9.98. The molecule has 3 aromatic rings. The van der Waals surface area contributed by atoms with E-state index in [-0.39, 0.29) is 30.6 Å². The molecule has 1 saturated carbocycles. The molecule has 5 unspecified atom stereocenters. The maximum atomic E-state index is 14.9. The van der Waals surface area contributed by atoms with Gasteiger partial charge in [0.25, 0.3) is 0 Å². The molecular weight excluding hydrogens is 634 g/mol. The molecule has 5 atom stereocenters. The number of nitrogens with one attached hydrogen (secondary N) is 2. The van der Waals surface area contributed by atoms with E-state index < -0.39 is 53.2 Å². The van der Waals surface area contributed by atoms with Gasteiger partial charge in [0.05, 0.1) is 0 Å². The molecular formula is C40H51N3O7. The molecule has 3 aromatic carbocycles. The van der Waals surface area contributed by atoms with Gasteiger partial charge in [0.15, 0.2) is 0 Å². The third-order valence-corrected chi connectivity index (χ3v) is 8.25. The SMILES string of the molecule is Cc1ccc(C(C(=O)NC(Cc2ccccc2)C(=O)OC(C)(C)C)N(C(=O)C(Cc2ccc(O)cc2)NC(=O)OC(C)(C)C)C2CC2C)cc1. The number of carbonyl (C=O) groups excluding carboxylic acids is 4. The summed E-state index contributed by atoms with van der Waals surface area (Å²) in [7, 11) is 0. The van der Waals surface area contributed by atoms with Crippen LogP contribution in [0, 0.1) is 12.8 Å². The maximum absolute atomic E-state index is 14.9. The molecule has 4 rings (SSSR count). The van der Waals surface area contributed by atoms with Crippen molar-refractivity contribution >= 4 is 23.9 Å². The van der Waals surface area contributed by atoms with Crippen molar-refractivity contribution in [3.05, 3.63) is 101 Å². The van der Waals surface area contributed by atoms with Crippen molar-refractivity contribution in [3.8, 4) is 5.75 Å². The summed E-state index contributed by atoms with van der Waals surface area (Å²) in [6, 6.07) is 19.5. The van der Waals surface area contributed by atoms with Gasteiger partial charge in [0.1, 0.15) is 35.1 Å². The van der Waals surface area contributed by atoms with E-state index in [1.54, 1.807) is 58.6 Å². The number of aryl methyl sites for hydroxylation is 1. The summed E-state index contributed by atoms with van der Waals surface area (Å²) >= 11 is 0. The van der Waals surface area contributed by atoms with E-state index in [0.717, 1.165) is 11.1 Å². The largest absolute Gasteiger partial charge is 0.508 e. The fourth-order valence-corrected chi connectivity index (χ4v) is 5.72. The van der Waals surface area contributed by atoms with Crippen LogP contribution in [0.15, 0.2) is 78.9 Å². The number of amides is 3. The Bertz CT molecular complexity index is 1630. The molecule has 50 heavy (non-hydrogen) atoms. The lowest BCUT2D eigenvalue weighted by Gasteiger charge is -2.36. The molecule has 10 heteroatoms. The molecule has 1 aliphatic carbocycles. The molecule has 0 bridgehead atoms. The highest BCUT2D eigenvalue weighted by Gasteiger charge is 2.48. The molecule has 0 aromatic heterocycles. The fraction of sp³-hybridized carbons (Fsp3) is 0.450. The molecule has 0 saturated heterocycles. The molecule has 0 aliphatic heterocycles. The summed E-state index contributed by atoms with van der Waals surface area (Å²) in [6.45, 7) is 14.4. The van der Waals surface area contributed by atoms with Gasteiger partial charge in [-0.05, 0) is 89.6 Å². The number of hydrogen-bond acceptors (Lipinski definition) is 7. The van der Waals surface area contributed by atoms with Gasteiger partial charge in [-0.15, -0.1) is 0 Å². The number of alkyl carbamates (subject to hydrolysis) is 1. The van der Waals surface area contributed by atoms with Crippen LogP contribution >= 0.6 is 0 Å². The van der Waals surface area contributed by atoms with Crippen molar-refractivity contribution in [1.29, 1.82) is 0 Å². The normalized spacial score (nSPS) is 17.4. The zero-order chi connectivity index (χ0) is 36.8. The van der Waals surface area contributed by atoms with Gasteiger partial charge in [-0.3, -0.25) is 9.59 Å². The predicted molar refractivity (Wildman–Crippen MR) is 191 cm³/mol. The Kier molecular flexibility index (Phi) is 12.0. The maximum Gasteiger partial charge on any atom is 0.408 e. The van der Waals surface area contributed by atoms with Crippen molar-refractivity contribution in [3.63, 3.8) is 0 Å². The van der Waals surface area contributed by atoms with Crippen LogP contribution in [0.3, 0.4) is 0 Å². The first-order valence-corrected chi connectivity index (χ1v) is 17.1. The molecule has 0 radical (unpaired) electrons. The third-order valence-electron chi connectivity index (χ3n) is 8.25. The van der Waals surface area contributed by atoms with Crippen molar-refractivity contribution in [2.45, 2.75) is 110 Å². The monoisotopic (exact) mass is 685 g/mol. The lowest BCUT2D eigenvalue weighted by molar-refractivity contribution is -0.159. The van der Waals surface area contributed by atoms with Crippen LogP contribution in [0.1, 0.15) is 83.2 Å². The molecule has 10 nitrogen and oxygen atoms in total. The molecule has 0 spiro atoms. The van der Waals surface area contributed by atoms with E-state index in [4.69, 9.17) is 9.47 Å². The summed E-state index contributed by atoms with van der Waals surface area (Å²) < 4.78 is 11.3. The number of hydrogen-bond donors (Lipinski definition) is 3. The van der Waals surface area contributed by atoms with Crippen LogP contribution in [0.4, 0.5) is 4.79 Å². The standard InChI is InChI=1S/C40H51N3O7/c1-25-14-18-29(19-15-25)34(35(45)41-32(37(47)49-39(3,4)5)24-27-12-10-9-11-13-27)43(33-22-26(33)2)36(46)31(42-38(48)50-40(6,7)8)23-28-16-20-30(44)21-17-28/h9-21,26,31-34,44H,22-24H2,1-8H3,(H,41,45)(H,42,48). The highest BCUT2D eigenvalue weighted by Crippen LogP contribution is 2.41. The number of nitrogens with zero attached hydrogens (tertiary/aromatic N) is 1. The minimum absolute atomic E-state index is 0.0660. The Morgan fingerprint density at radius 3 is 1.86 bits per heavy atom. The minimum Gasteiger partial charge on any atom is -0.508 e. The van der Waals surface area contributed by atoms with E-state index >= 15 is 0 Å².